The number of carbonyl (C=O) groups is 1. The van der Waals surface area contributed by atoms with Crippen LogP contribution < -0.4 is 0 Å². The fourth-order valence-corrected chi connectivity index (χ4v) is 2.42. The second-order valence-corrected chi connectivity index (χ2v) is 5.13. The van der Waals surface area contributed by atoms with Gasteiger partial charge in [0.15, 0.2) is 0 Å². The summed E-state index contributed by atoms with van der Waals surface area (Å²) in [6.45, 7) is 1.17. The molecule has 2 aromatic carbocycles. The smallest absolute Gasteiger partial charge is 0.233 e. The van der Waals surface area contributed by atoms with Crippen LogP contribution in [0.5, 0.6) is 0 Å². The lowest BCUT2D eigenvalue weighted by Gasteiger charge is -2.16. The molecule has 0 saturated heterocycles. The third kappa shape index (κ3) is 3.47. The highest BCUT2D eigenvalue weighted by molar-refractivity contribution is 5.87. The summed E-state index contributed by atoms with van der Waals surface area (Å²) < 4.78 is 0. The summed E-state index contributed by atoms with van der Waals surface area (Å²) in [5, 5.41) is 18.5. The van der Waals surface area contributed by atoms with E-state index in [4.69, 9.17) is 5.11 Å². The van der Waals surface area contributed by atoms with Crippen molar-refractivity contribution in [2.24, 2.45) is 0 Å². The second-order valence-electron chi connectivity index (χ2n) is 5.13. The van der Waals surface area contributed by atoms with Crippen LogP contribution in [-0.2, 0) is 9.59 Å². The Morgan fingerprint density at radius 1 is 1.00 bits per heavy atom. The van der Waals surface area contributed by atoms with E-state index in [9.17, 15) is 14.7 Å². The van der Waals surface area contributed by atoms with E-state index in [1.54, 1.807) is 54.8 Å². The Labute approximate surface area is 129 Å². The van der Waals surface area contributed by atoms with Gasteiger partial charge in [0.2, 0.25) is 6.29 Å². The van der Waals surface area contributed by atoms with Gasteiger partial charge in [-0.15, -0.1) is 0 Å². The molecule has 4 nitrogen and oxygen atoms in total. The summed E-state index contributed by atoms with van der Waals surface area (Å²) in [4.78, 5) is 22.6. The summed E-state index contributed by atoms with van der Waals surface area (Å²) in [7, 11) is 0. The van der Waals surface area contributed by atoms with Crippen molar-refractivity contribution in [2.45, 2.75) is 18.9 Å². The van der Waals surface area contributed by atoms with Gasteiger partial charge in [-0.2, -0.15) is 0 Å². The molecule has 0 amide bonds. The molecule has 2 atom stereocenters. The van der Waals surface area contributed by atoms with E-state index in [-0.39, 0.29) is 12.4 Å². The van der Waals surface area contributed by atoms with E-state index < -0.39 is 12.0 Å². The lowest BCUT2D eigenvalue weighted by atomic mass is 9.87. The fourth-order valence-electron chi connectivity index (χ4n) is 2.42. The third-order valence-corrected chi connectivity index (χ3v) is 3.60. The maximum Gasteiger partial charge on any atom is 0.233 e. The van der Waals surface area contributed by atoms with Crippen LogP contribution in [0.4, 0.5) is 0 Å². The molecule has 113 valence electrons. The minimum Gasteiger partial charge on any atom is -0.393 e. The Balaban J connectivity index is 2.35. The summed E-state index contributed by atoms with van der Waals surface area (Å²) in [5.74, 6) is -0.445. The first-order valence-electron chi connectivity index (χ1n) is 6.94. The second kappa shape index (κ2) is 7.11. The van der Waals surface area contributed by atoms with Gasteiger partial charge in [-0.05, 0) is 23.6 Å². The average molecular weight is 297 g/mol. The van der Waals surface area contributed by atoms with Crippen molar-refractivity contribution in [3.8, 4) is 0 Å². The monoisotopic (exact) mass is 297 g/mol. The highest BCUT2D eigenvalue weighted by atomic mass is 16.3. The third-order valence-electron chi connectivity index (χ3n) is 3.60. The summed E-state index contributed by atoms with van der Waals surface area (Å²) >= 11 is 0. The van der Waals surface area contributed by atoms with Crippen LogP contribution in [-0.4, -0.2) is 28.9 Å². The molecule has 0 heterocycles. The SMILES string of the molecule is CC(=O)C(c1ccc([C]=O)cc1)c1ccc([C@@H](O)CO)cc1. The summed E-state index contributed by atoms with van der Waals surface area (Å²) in [5.41, 5.74) is 2.62. The Bertz CT molecular complexity index is 644. The molecule has 0 aliphatic rings. The number of rotatable bonds is 6. The highest BCUT2D eigenvalue weighted by Gasteiger charge is 2.19. The first-order chi connectivity index (χ1) is 10.6. The number of ketones is 1. The molecule has 0 aromatic heterocycles. The summed E-state index contributed by atoms with van der Waals surface area (Å²) in [6.07, 6.45) is 0.878. The number of aliphatic hydroxyl groups is 2. The molecule has 22 heavy (non-hydrogen) atoms. The average Bonchev–Trinajstić information content (AvgIpc) is 2.55. The number of hydrogen-bond donors (Lipinski definition) is 2. The fraction of sp³-hybridized carbons (Fsp3) is 0.222. The van der Waals surface area contributed by atoms with Gasteiger partial charge in [0, 0.05) is 5.56 Å². The van der Waals surface area contributed by atoms with Crippen molar-refractivity contribution in [3.05, 3.63) is 70.8 Å². The lowest BCUT2D eigenvalue weighted by Crippen LogP contribution is -2.11. The lowest BCUT2D eigenvalue weighted by molar-refractivity contribution is -0.117. The van der Waals surface area contributed by atoms with E-state index in [1.807, 2.05) is 0 Å². The van der Waals surface area contributed by atoms with E-state index in [1.165, 1.54) is 6.92 Å². The van der Waals surface area contributed by atoms with Gasteiger partial charge >= 0.3 is 0 Å². The molecule has 1 radical (unpaired) electrons. The Hall–Kier alpha value is -2.30. The van der Waals surface area contributed by atoms with E-state index >= 15 is 0 Å². The number of benzene rings is 2. The Kier molecular flexibility index (Phi) is 5.20. The molecule has 0 spiro atoms. The molecule has 0 fully saturated rings. The van der Waals surface area contributed by atoms with Crippen LogP contribution in [0.2, 0.25) is 0 Å². The molecular formula is C18H17O4. The van der Waals surface area contributed by atoms with Crippen molar-refractivity contribution in [1.29, 1.82) is 0 Å². The minimum absolute atomic E-state index is 0.0155. The van der Waals surface area contributed by atoms with Crippen LogP contribution in [0.15, 0.2) is 48.5 Å². The predicted molar refractivity (Wildman–Crippen MR) is 82.2 cm³/mol. The molecule has 4 heteroatoms. The molecule has 0 aliphatic carbocycles. The van der Waals surface area contributed by atoms with Crippen LogP contribution in [0.25, 0.3) is 0 Å². The highest BCUT2D eigenvalue weighted by Crippen LogP contribution is 2.27. The normalized spacial score (nSPS) is 13.4. The van der Waals surface area contributed by atoms with E-state index in [0.29, 0.717) is 11.1 Å². The number of Topliss-reactive ketones (excluding diaryl/α,β-unsaturated/α-hetero) is 1. The van der Waals surface area contributed by atoms with Crippen LogP contribution >= 0.6 is 0 Å². The number of aliphatic hydroxyl groups excluding tert-OH is 2. The molecule has 1 unspecified atom stereocenters. The molecule has 0 bridgehead atoms. The largest absolute Gasteiger partial charge is 0.393 e. The quantitative estimate of drug-likeness (QED) is 0.854. The van der Waals surface area contributed by atoms with Gasteiger partial charge in [-0.3, -0.25) is 9.59 Å². The zero-order valence-corrected chi connectivity index (χ0v) is 12.2. The molecule has 2 N–H and O–H groups in total. The first-order valence-corrected chi connectivity index (χ1v) is 6.94. The molecular weight excluding hydrogens is 280 g/mol. The number of hydrogen-bond acceptors (Lipinski definition) is 4. The van der Waals surface area contributed by atoms with Gasteiger partial charge in [0.25, 0.3) is 0 Å². The molecule has 0 saturated carbocycles. The van der Waals surface area contributed by atoms with Gasteiger partial charge in [-0.25, -0.2) is 0 Å². The van der Waals surface area contributed by atoms with Gasteiger partial charge in [-0.1, -0.05) is 48.5 Å². The van der Waals surface area contributed by atoms with Crippen molar-refractivity contribution < 1.29 is 19.8 Å². The zero-order chi connectivity index (χ0) is 16.1. The van der Waals surface area contributed by atoms with Gasteiger partial charge in [0.05, 0.1) is 12.5 Å². The predicted octanol–water partition coefficient (Wildman–Crippen LogP) is 1.89. The number of carbonyl (C=O) groups excluding carboxylic acids is 2. The standard InChI is InChI=1S/C18H17O4/c1-12(21)18(15-4-2-13(10-19)3-5-15)16-8-6-14(7-9-16)17(22)11-20/h2-9,17-18,20,22H,11H2,1H3/t17-,18?/m0/s1. The molecule has 2 aromatic rings. The van der Waals surface area contributed by atoms with Crippen molar-refractivity contribution in [2.75, 3.05) is 6.61 Å². The molecule has 2 rings (SSSR count). The van der Waals surface area contributed by atoms with E-state index in [2.05, 4.69) is 0 Å². The topological polar surface area (TPSA) is 74.6 Å². The van der Waals surface area contributed by atoms with Gasteiger partial charge < -0.3 is 10.2 Å². The zero-order valence-electron chi connectivity index (χ0n) is 12.2. The van der Waals surface area contributed by atoms with Crippen molar-refractivity contribution in [1.82, 2.24) is 0 Å². The minimum atomic E-state index is -0.924. The Morgan fingerprint density at radius 3 is 1.86 bits per heavy atom. The van der Waals surface area contributed by atoms with Crippen LogP contribution in [0, 0.1) is 0 Å². The van der Waals surface area contributed by atoms with E-state index in [0.717, 1.165) is 11.1 Å². The first kappa shape index (κ1) is 16.1. The van der Waals surface area contributed by atoms with Crippen molar-refractivity contribution >= 4 is 12.1 Å². The molecule has 0 aliphatic heterocycles. The maximum atomic E-state index is 12.0. The van der Waals surface area contributed by atoms with Gasteiger partial charge in [0.1, 0.15) is 11.9 Å². The van der Waals surface area contributed by atoms with Crippen molar-refractivity contribution in [3.63, 3.8) is 0 Å². The van der Waals surface area contributed by atoms with Crippen LogP contribution in [0.1, 0.15) is 41.2 Å². The summed E-state index contributed by atoms with van der Waals surface area (Å²) in [6, 6.07) is 13.6. The maximum absolute atomic E-state index is 12.0. The Morgan fingerprint density at radius 2 is 1.45 bits per heavy atom. The van der Waals surface area contributed by atoms with Crippen LogP contribution in [0.3, 0.4) is 0 Å².